The molecule has 102 heavy (non-hydrogen) atoms. The number of rotatable bonds is 13. The molecule has 4 N–H and O–H groups in total. The minimum Gasteiger partial charge on any atom is -0.476 e. The number of hydrogen-bond donors (Lipinski definition) is 4. The van der Waals surface area contributed by atoms with E-state index in [4.69, 9.17) is 24.5 Å². The number of aromatic nitrogens is 9. The number of amides is 2. The zero-order chi connectivity index (χ0) is 70.9. The summed E-state index contributed by atoms with van der Waals surface area (Å²) < 4.78 is 47.3. The summed E-state index contributed by atoms with van der Waals surface area (Å²) in [4.78, 5) is 72.7. The van der Waals surface area contributed by atoms with Crippen molar-refractivity contribution in [2.24, 2.45) is 22.7 Å². The van der Waals surface area contributed by atoms with Crippen molar-refractivity contribution in [3.05, 3.63) is 214 Å². The maximum atomic E-state index is 13.9. The standard InChI is InChI=1S/C29H33FN4O.C27H29FN4O2.C27H27FN4O/c1-17(27-32-25-11-9-20(15-26(25)33-27)28(35)34-29(2,3)4)18-5-7-19(8-6-18)22-13-14-31-24-12-10-21(30)16-23(22)24;1-16(26-30-24-10-8-19(14-25(24)31-26)27(33)32(2)34-3)17-4-6-18(7-5-17)21-12-13-29-23-11-9-20(28)15-22(21)23;1-16(26-31-24-8-6-19(14-25(24)32-26)27-30-12-13-33-27)17-2-4-18(5-3-17)21-10-11-29-23-9-7-20(28)15-22(21)23/h9-19H,5-8H2,1-4H3,(H,32,33)(H,34,35);8-18H,4-7H2,1-3H3,(H,30,31);6-11,14-18H,2-5,12-13H2,1H3,(H,31,32)/t17-,18?,19?;2*16-,17?,18?/m111/s1. The van der Waals surface area contributed by atoms with E-state index in [1.807, 2.05) is 81.8 Å². The van der Waals surface area contributed by atoms with Crippen LogP contribution in [-0.2, 0) is 9.57 Å². The van der Waals surface area contributed by atoms with Gasteiger partial charge in [0.25, 0.3) is 11.8 Å². The van der Waals surface area contributed by atoms with Gasteiger partial charge in [0.05, 0.1) is 63.3 Å². The molecule has 526 valence electrons. The molecule has 6 aromatic carbocycles. The number of pyridine rings is 3. The highest BCUT2D eigenvalue weighted by molar-refractivity contribution is 5.99. The third kappa shape index (κ3) is 15.0. The summed E-state index contributed by atoms with van der Waals surface area (Å²) in [5.74, 6) is 6.65. The number of benzene rings is 6. The summed E-state index contributed by atoms with van der Waals surface area (Å²) in [5.41, 5.74) is 13.7. The first kappa shape index (κ1) is 69.2. The van der Waals surface area contributed by atoms with E-state index >= 15 is 0 Å². The van der Waals surface area contributed by atoms with Crippen molar-refractivity contribution in [1.29, 1.82) is 0 Å². The number of nitrogens with one attached hydrogen (secondary N) is 4. The van der Waals surface area contributed by atoms with E-state index in [-0.39, 0.29) is 40.7 Å². The first-order valence-corrected chi connectivity index (χ1v) is 36.2. The van der Waals surface area contributed by atoms with Crippen LogP contribution < -0.4 is 5.32 Å². The highest BCUT2D eigenvalue weighted by Crippen LogP contribution is 2.47. The Morgan fingerprint density at radius 1 is 0.500 bits per heavy atom. The average Bonchev–Trinajstić information content (AvgIpc) is 1.30. The first-order valence-electron chi connectivity index (χ1n) is 36.2. The highest BCUT2D eigenvalue weighted by Gasteiger charge is 2.33. The van der Waals surface area contributed by atoms with Gasteiger partial charge >= 0.3 is 0 Å². The Kier molecular flexibility index (Phi) is 20.1. The van der Waals surface area contributed by atoms with Crippen LogP contribution in [0.4, 0.5) is 13.2 Å². The molecule has 0 spiro atoms. The van der Waals surface area contributed by atoms with Gasteiger partial charge in [-0.3, -0.25) is 29.4 Å². The van der Waals surface area contributed by atoms with Gasteiger partial charge in [0.15, 0.2) is 0 Å². The van der Waals surface area contributed by atoms with Crippen LogP contribution in [0.15, 0.2) is 151 Å². The topological polar surface area (TPSA) is 205 Å². The summed E-state index contributed by atoms with van der Waals surface area (Å²) in [6.07, 6.45) is 18.7. The van der Waals surface area contributed by atoms with Gasteiger partial charge in [-0.05, 0) is 277 Å². The zero-order valence-corrected chi connectivity index (χ0v) is 59.3. The molecule has 7 heterocycles. The predicted octanol–water partition coefficient (Wildman–Crippen LogP) is 18.9. The van der Waals surface area contributed by atoms with Gasteiger partial charge in [-0.15, -0.1) is 0 Å². The second kappa shape index (κ2) is 29.6. The molecule has 0 radical (unpaired) electrons. The van der Waals surface area contributed by atoms with Crippen LogP contribution in [0.2, 0.25) is 0 Å². The number of hydroxylamine groups is 2. The number of fused-ring (bicyclic) bond motifs is 6. The summed E-state index contributed by atoms with van der Waals surface area (Å²) in [5, 5.41) is 7.05. The van der Waals surface area contributed by atoms with E-state index in [0.717, 1.165) is 178 Å². The Morgan fingerprint density at radius 2 is 0.873 bits per heavy atom. The van der Waals surface area contributed by atoms with Crippen LogP contribution in [0.25, 0.3) is 65.8 Å². The Balaban J connectivity index is 0.000000130. The van der Waals surface area contributed by atoms with Crippen molar-refractivity contribution in [2.75, 3.05) is 27.3 Å². The second-order valence-corrected chi connectivity index (χ2v) is 29.7. The van der Waals surface area contributed by atoms with Crippen LogP contribution in [0.5, 0.6) is 0 Å². The number of halogens is 3. The molecule has 3 aliphatic carbocycles. The summed E-state index contributed by atoms with van der Waals surface area (Å²) in [7, 11) is 3.06. The molecule has 1 aliphatic heterocycles. The molecular formula is C83H89F3N12O4. The fraction of sp³-hybridized carbons (Fsp3) is 0.386. The normalized spacial score (nSPS) is 20.3. The lowest BCUT2D eigenvalue weighted by atomic mass is 9.73. The van der Waals surface area contributed by atoms with Gasteiger partial charge in [-0.1, -0.05) is 20.8 Å². The average molecular weight is 1380 g/mol. The maximum Gasteiger partial charge on any atom is 0.277 e. The number of aliphatic imine (C=N–C) groups is 1. The Labute approximate surface area is 592 Å². The molecule has 0 unspecified atom stereocenters. The highest BCUT2D eigenvalue weighted by atomic mass is 19.1. The molecule has 0 saturated heterocycles. The largest absolute Gasteiger partial charge is 0.476 e. The molecule has 16 nitrogen and oxygen atoms in total. The second-order valence-electron chi connectivity index (χ2n) is 29.7. The van der Waals surface area contributed by atoms with E-state index in [1.54, 1.807) is 49.5 Å². The molecule has 3 fully saturated rings. The molecular weight excluding hydrogens is 1290 g/mol. The van der Waals surface area contributed by atoms with E-state index < -0.39 is 0 Å². The smallest absolute Gasteiger partial charge is 0.277 e. The van der Waals surface area contributed by atoms with Crippen molar-refractivity contribution >= 4 is 83.5 Å². The minimum atomic E-state index is -0.282. The van der Waals surface area contributed by atoms with E-state index in [2.05, 4.69) is 85.2 Å². The lowest BCUT2D eigenvalue weighted by Crippen LogP contribution is -2.40. The molecule has 4 aliphatic rings. The SMILES string of the molecule is CON(C)C(=O)c1ccc2nc([C@H](C)C3CCC(c4ccnc5ccc(F)cc45)CC3)[nH]c2c1.C[C@@H](c1nc2ccc(C(=O)NC(C)(C)C)cc2[nH]1)C1CCC(c2ccnc3ccc(F)cc23)CC1.C[C@@H](c1nc2ccc(C3=NCCO3)cc2[nH]1)C1CCC(c2ccnc3ccc(F)cc23)CC1. The number of carbonyl (C=O) groups is 2. The van der Waals surface area contributed by atoms with Gasteiger partial charge in [-0.25, -0.2) is 38.2 Å². The van der Waals surface area contributed by atoms with Crippen molar-refractivity contribution < 1.29 is 32.3 Å². The van der Waals surface area contributed by atoms with Crippen molar-refractivity contribution in [3.63, 3.8) is 0 Å². The van der Waals surface area contributed by atoms with Crippen LogP contribution in [-0.4, -0.2) is 100 Å². The molecule has 6 aromatic heterocycles. The summed E-state index contributed by atoms with van der Waals surface area (Å²) >= 11 is 0. The lowest BCUT2D eigenvalue weighted by Gasteiger charge is -2.32. The van der Waals surface area contributed by atoms with Crippen molar-refractivity contribution in [1.82, 2.24) is 55.2 Å². The minimum absolute atomic E-state index is 0.0783. The van der Waals surface area contributed by atoms with Crippen LogP contribution in [0.3, 0.4) is 0 Å². The molecule has 12 aromatic rings. The van der Waals surface area contributed by atoms with Crippen LogP contribution in [0, 0.1) is 35.2 Å². The Bertz CT molecular complexity index is 5070. The van der Waals surface area contributed by atoms with Gasteiger partial charge in [0.1, 0.15) is 41.5 Å². The maximum absolute atomic E-state index is 13.9. The number of carbonyl (C=O) groups excluding carboxylic acids is 2. The molecule has 2 amide bonds. The van der Waals surface area contributed by atoms with Gasteiger partial charge in [0.2, 0.25) is 5.90 Å². The number of aromatic amines is 3. The molecule has 3 atom stereocenters. The van der Waals surface area contributed by atoms with Crippen molar-refractivity contribution in [3.8, 4) is 0 Å². The quantitative estimate of drug-likeness (QED) is 0.0804. The van der Waals surface area contributed by atoms with Crippen LogP contribution >= 0.6 is 0 Å². The van der Waals surface area contributed by atoms with Gasteiger partial charge < -0.3 is 25.0 Å². The number of nitrogens with zero attached hydrogens (tertiary/aromatic N) is 8. The van der Waals surface area contributed by atoms with Crippen LogP contribution in [0.1, 0.15) is 215 Å². The zero-order valence-electron chi connectivity index (χ0n) is 59.3. The first-order chi connectivity index (χ1) is 49.3. The Hall–Kier alpha value is -9.88. The van der Waals surface area contributed by atoms with E-state index in [0.29, 0.717) is 65.1 Å². The van der Waals surface area contributed by atoms with Crippen molar-refractivity contribution in [2.45, 2.75) is 160 Å². The monoisotopic (exact) mass is 1370 g/mol. The fourth-order valence-electron chi connectivity index (χ4n) is 16.3. The number of ether oxygens (including phenoxy) is 1. The third-order valence-electron chi connectivity index (χ3n) is 22.2. The van der Waals surface area contributed by atoms with Gasteiger partial charge in [0, 0.05) is 81.8 Å². The number of hydrogen-bond acceptors (Lipinski definition) is 11. The predicted molar refractivity (Wildman–Crippen MR) is 396 cm³/mol. The number of imidazole rings is 3. The molecule has 16 rings (SSSR count). The van der Waals surface area contributed by atoms with E-state index in [9.17, 15) is 22.8 Å². The third-order valence-corrected chi connectivity index (χ3v) is 22.2. The summed E-state index contributed by atoms with van der Waals surface area (Å²) in [6, 6.07) is 38.1. The molecule has 19 heteroatoms. The van der Waals surface area contributed by atoms with E-state index in [1.165, 1.54) is 47.1 Å². The Morgan fingerprint density at radius 3 is 1.25 bits per heavy atom. The summed E-state index contributed by atoms with van der Waals surface area (Å²) in [6.45, 7) is 14.1. The van der Waals surface area contributed by atoms with Gasteiger partial charge in [-0.2, -0.15) is 0 Å². The fourth-order valence-corrected chi connectivity index (χ4v) is 16.3. The molecule has 0 bridgehead atoms. The number of H-pyrrole nitrogens is 3. The molecule has 3 saturated carbocycles. The lowest BCUT2D eigenvalue weighted by molar-refractivity contribution is -0.0756.